The first-order valence-corrected chi connectivity index (χ1v) is 9.83. The molecule has 0 saturated carbocycles. The molecule has 2 aromatic rings. The molecule has 3 amide bonds. The van der Waals surface area contributed by atoms with Crippen LogP contribution in [0.1, 0.15) is 43.4 Å². The largest absolute Gasteiger partial charge is 0.491 e. The van der Waals surface area contributed by atoms with Crippen molar-refractivity contribution in [2.24, 2.45) is 0 Å². The van der Waals surface area contributed by atoms with E-state index < -0.39 is 17.7 Å². The number of aliphatic hydroxyl groups excluding tert-OH is 1. The Morgan fingerprint density at radius 2 is 1.83 bits per heavy atom. The van der Waals surface area contributed by atoms with Crippen LogP contribution in [0.4, 0.5) is 4.79 Å². The molecule has 29 heavy (non-hydrogen) atoms. The highest BCUT2D eigenvalue weighted by Gasteiger charge is 2.49. The molecule has 1 saturated heterocycles. The van der Waals surface area contributed by atoms with E-state index in [1.165, 1.54) is 0 Å². The van der Waals surface area contributed by atoms with Crippen LogP contribution in [0.5, 0.6) is 5.75 Å². The van der Waals surface area contributed by atoms with Crippen molar-refractivity contribution in [3.05, 3.63) is 65.2 Å². The average Bonchev–Trinajstić information content (AvgIpc) is 2.90. The topological polar surface area (TPSA) is 78.9 Å². The molecule has 0 bridgehead atoms. The molecule has 1 aliphatic rings. The number of benzene rings is 2. The van der Waals surface area contributed by atoms with Crippen molar-refractivity contribution < 1.29 is 19.4 Å². The van der Waals surface area contributed by atoms with Crippen molar-refractivity contribution in [1.29, 1.82) is 0 Å². The summed E-state index contributed by atoms with van der Waals surface area (Å²) in [5.74, 6) is 0.636. The zero-order valence-electron chi connectivity index (χ0n) is 17.3. The minimum absolute atomic E-state index is 0.0136. The molecule has 0 spiro atoms. The molecule has 0 unspecified atom stereocenters. The summed E-state index contributed by atoms with van der Waals surface area (Å²) < 4.78 is 5.58. The summed E-state index contributed by atoms with van der Waals surface area (Å²) in [6, 6.07) is 14.6. The monoisotopic (exact) mass is 396 g/mol. The second kappa shape index (κ2) is 8.25. The van der Waals surface area contributed by atoms with Crippen molar-refractivity contribution in [3.63, 3.8) is 0 Å². The van der Waals surface area contributed by atoms with Crippen LogP contribution in [0.15, 0.2) is 48.5 Å². The lowest BCUT2D eigenvalue weighted by atomic mass is 9.90. The maximum atomic E-state index is 13.0. The first kappa shape index (κ1) is 20.9. The number of amides is 3. The number of hydrogen-bond donors (Lipinski definition) is 2. The fraction of sp³-hybridized carbons (Fsp3) is 0.391. The molecule has 1 fully saturated rings. The molecule has 0 radical (unpaired) electrons. The van der Waals surface area contributed by atoms with Crippen molar-refractivity contribution >= 4 is 11.9 Å². The number of β-amino-alcohol motifs (C(OH)–C–C–N with tert-alkyl or cyclic N) is 1. The van der Waals surface area contributed by atoms with Crippen molar-refractivity contribution in [2.45, 2.75) is 45.3 Å². The highest BCUT2D eigenvalue weighted by atomic mass is 16.5. The highest BCUT2D eigenvalue weighted by Crippen LogP contribution is 2.30. The quantitative estimate of drug-likeness (QED) is 0.704. The standard InChI is InChI=1S/C23H28N2O4/c1-15(2)17-8-10-18(11-9-17)23(4)21(27)25(22(28)24-23)13-19(26)14-29-20-7-5-6-16(3)12-20/h5-12,15,19,26H,13-14H2,1-4H3,(H,24,28)/t19-,23-/m0/s1. The molecule has 2 N–H and O–H groups in total. The molecular weight excluding hydrogens is 368 g/mol. The molecule has 0 aromatic heterocycles. The van der Waals surface area contributed by atoms with E-state index in [1.54, 1.807) is 13.0 Å². The van der Waals surface area contributed by atoms with E-state index in [0.29, 0.717) is 17.2 Å². The number of imide groups is 1. The van der Waals surface area contributed by atoms with Crippen molar-refractivity contribution in [2.75, 3.05) is 13.2 Å². The van der Waals surface area contributed by atoms with Crippen molar-refractivity contribution in [3.8, 4) is 5.75 Å². The van der Waals surface area contributed by atoms with E-state index in [0.717, 1.165) is 16.0 Å². The minimum atomic E-state index is -1.15. The molecular formula is C23H28N2O4. The van der Waals surface area contributed by atoms with Crippen LogP contribution in [0.2, 0.25) is 0 Å². The van der Waals surface area contributed by atoms with Gasteiger partial charge in [0, 0.05) is 0 Å². The smallest absolute Gasteiger partial charge is 0.325 e. The van der Waals surface area contributed by atoms with Crippen molar-refractivity contribution in [1.82, 2.24) is 10.2 Å². The van der Waals surface area contributed by atoms with Crippen LogP contribution in [0, 0.1) is 6.92 Å². The van der Waals surface area contributed by atoms with Gasteiger partial charge in [0.05, 0.1) is 6.54 Å². The Bertz CT molecular complexity index is 894. The fourth-order valence-corrected chi connectivity index (χ4v) is 3.42. The molecule has 154 valence electrons. The predicted octanol–water partition coefficient (Wildman–Crippen LogP) is 3.33. The van der Waals surface area contributed by atoms with Gasteiger partial charge in [-0.05, 0) is 48.6 Å². The summed E-state index contributed by atoms with van der Waals surface area (Å²) >= 11 is 0. The molecule has 6 heteroatoms. The molecule has 2 aromatic carbocycles. The number of nitrogens with one attached hydrogen (secondary N) is 1. The van der Waals surface area contributed by atoms with Crippen LogP contribution in [-0.4, -0.2) is 41.2 Å². The van der Waals surface area contributed by atoms with E-state index in [-0.39, 0.29) is 19.1 Å². The molecule has 2 atom stereocenters. The van der Waals surface area contributed by atoms with Gasteiger partial charge in [-0.25, -0.2) is 4.79 Å². The number of aliphatic hydroxyl groups is 1. The highest BCUT2D eigenvalue weighted by molar-refractivity contribution is 6.07. The van der Waals surface area contributed by atoms with Crippen LogP contribution >= 0.6 is 0 Å². The van der Waals surface area contributed by atoms with Crippen LogP contribution < -0.4 is 10.1 Å². The summed E-state index contributed by atoms with van der Waals surface area (Å²) in [6.07, 6.45) is -0.990. The Labute approximate surface area is 171 Å². The third-order valence-corrected chi connectivity index (χ3v) is 5.25. The predicted molar refractivity (Wildman–Crippen MR) is 111 cm³/mol. The molecule has 3 rings (SSSR count). The third-order valence-electron chi connectivity index (χ3n) is 5.25. The Morgan fingerprint density at radius 1 is 1.14 bits per heavy atom. The average molecular weight is 396 g/mol. The van der Waals surface area contributed by atoms with Gasteiger partial charge in [-0.2, -0.15) is 0 Å². The number of carbonyl (C=O) groups is 2. The lowest BCUT2D eigenvalue weighted by molar-refractivity contribution is -0.132. The fourth-order valence-electron chi connectivity index (χ4n) is 3.42. The van der Waals surface area contributed by atoms with E-state index >= 15 is 0 Å². The van der Waals surface area contributed by atoms with Gasteiger partial charge in [0.25, 0.3) is 5.91 Å². The summed E-state index contributed by atoms with van der Waals surface area (Å²) in [5.41, 5.74) is 1.78. The number of carbonyl (C=O) groups excluding carboxylic acids is 2. The normalized spacial score (nSPS) is 20.1. The number of ether oxygens (including phenoxy) is 1. The Morgan fingerprint density at radius 3 is 2.45 bits per heavy atom. The van der Waals surface area contributed by atoms with Gasteiger partial charge in [0.2, 0.25) is 0 Å². The molecule has 6 nitrogen and oxygen atoms in total. The van der Waals surface area contributed by atoms with E-state index in [2.05, 4.69) is 19.2 Å². The number of rotatable bonds is 7. The Balaban J connectivity index is 1.66. The number of urea groups is 1. The number of nitrogens with zero attached hydrogens (tertiary/aromatic N) is 1. The molecule has 0 aliphatic carbocycles. The maximum absolute atomic E-state index is 13.0. The van der Waals surface area contributed by atoms with Gasteiger partial charge in [-0.15, -0.1) is 0 Å². The van der Waals surface area contributed by atoms with Gasteiger partial charge in [0.15, 0.2) is 0 Å². The minimum Gasteiger partial charge on any atom is -0.491 e. The summed E-state index contributed by atoms with van der Waals surface area (Å²) in [5, 5.41) is 13.1. The van der Waals surface area contributed by atoms with Gasteiger partial charge in [-0.1, -0.05) is 50.2 Å². The van der Waals surface area contributed by atoms with Gasteiger partial charge < -0.3 is 15.2 Å². The SMILES string of the molecule is Cc1cccc(OC[C@@H](O)CN2C(=O)N[C@@](C)(c3ccc(C(C)C)cc3)C2=O)c1. The second-order valence-electron chi connectivity index (χ2n) is 8.03. The maximum Gasteiger partial charge on any atom is 0.325 e. The molecule has 1 heterocycles. The summed E-state index contributed by atoms with van der Waals surface area (Å²) in [6.45, 7) is 7.69. The third kappa shape index (κ3) is 4.43. The zero-order valence-corrected chi connectivity index (χ0v) is 17.3. The first-order valence-electron chi connectivity index (χ1n) is 9.83. The van der Waals surface area contributed by atoms with E-state index in [4.69, 9.17) is 4.74 Å². The lowest BCUT2D eigenvalue weighted by Crippen LogP contribution is -2.42. The van der Waals surface area contributed by atoms with Crippen LogP contribution in [0.25, 0.3) is 0 Å². The lowest BCUT2D eigenvalue weighted by Gasteiger charge is -2.23. The summed E-state index contributed by atoms with van der Waals surface area (Å²) in [4.78, 5) is 26.5. The van der Waals surface area contributed by atoms with Gasteiger partial charge in [0.1, 0.15) is 24.0 Å². The van der Waals surface area contributed by atoms with E-state index in [9.17, 15) is 14.7 Å². The summed E-state index contributed by atoms with van der Waals surface area (Å²) in [7, 11) is 0. The Hall–Kier alpha value is -2.86. The molecule has 1 aliphatic heterocycles. The number of aryl methyl sites for hydroxylation is 1. The van der Waals surface area contributed by atoms with E-state index in [1.807, 2.05) is 49.4 Å². The van der Waals surface area contributed by atoms with Gasteiger partial charge >= 0.3 is 6.03 Å². The second-order valence-corrected chi connectivity index (χ2v) is 8.03. The first-order chi connectivity index (χ1) is 13.7. The van der Waals surface area contributed by atoms with Crippen LogP contribution in [-0.2, 0) is 10.3 Å². The number of hydrogen-bond acceptors (Lipinski definition) is 4. The van der Waals surface area contributed by atoms with Gasteiger partial charge in [-0.3, -0.25) is 9.69 Å². The Kier molecular flexibility index (Phi) is 5.94. The zero-order chi connectivity index (χ0) is 21.2. The van der Waals surface area contributed by atoms with Crippen LogP contribution in [0.3, 0.4) is 0 Å².